The van der Waals surface area contributed by atoms with Crippen LogP contribution in [0.3, 0.4) is 0 Å². The summed E-state index contributed by atoms with van der Waals surface area (Å²) >= 11 is 0. The van der Waals surface area contributed by atoms with Gasteiger partial charge in [0.15, 0.2) is 0 Å². The van der Waals surface area contributed by atoms with Gasteiger partial charge in [0.2, 0.25) is 0 Å². The van der Waals surface area contributed by atoms with E-state index in [1.165, 1.54) is 7.11 Å². The molecule has 0 aliphatic heterocycles. The van der Waals surface area contributed by atoms with Crippen LogP contribution in [0.4, 0.5) is 0 Å². The van der Waals surface area contributed by atoms with Gasteiger partial charge in [-0.15, -0.1) is 0 Å². The van der Waals surface area contributed by atoms with Crippen molar-refractivity contribution in [3.63, 3.8) is 0 Å². The maximum atomic E-state index is 11.2. The van der Waals surface area contributed by atoms with Crippen LogP contribution in [0, 0.1) is 0 Å². The van der Waals surface area contributed by atoms with Gasteiger partial charge in [-0.2, -0.15) is 0 Å². The molecule has 88 valence electrons. The minimum Gasteiger partial charge on any atom is -0.465 e. The number of ether oxygens (including phenoxy) is 1. The zero-order valence-electron chi connectivity index (χ0n) is 9.93. The Morgan fingerprint density at radius 1 is 1.31 bits per heavy atom. The van der Waals surface area contributed by atoms with Crippen molar-refractivity contribution in [2.24, 2.45) is 0 Å². The molecule has 0 aliphatic carbocycles. The Labute approximate surface area is 96.1 Å². The van der Waals surface area contributed by atoms with Crippen LogP contribution in [-0.4, -0.2) is 24.3 Å². The molecule has 0 spiro atoms. The van der Waals surface area contributed by atoms with E-state index in [2.05, 4.69) is 11.7 Å². The standard InChI is InChI=1S/C13H18O3/c1-9(8-10(2)14)11-4-6-12(7-5-11)13(15)16-3/h4-7,9-10,14H,8H2,1-3H3. The first-order chi connectivity index (χ1) is 7.54. The van der Waals surface area contributed by atoms with Crippen molar-refractivity contribution in [3.05, 3.63) is 35.4 Å². The highest BCUT2D eigenvalue weighted by Crippen LogP contribution is 2.21. The second kappa shape index (κ2) is 5.66. The zero-order chi connectivity index (χ0) is 12.1. The summed E-state index contributed by atoms with van der Waals surface area (Å²) in [6, 6.07) is 7.30. The Balaban J connectivity index is 2.74. The van der Waals surface area contributed by atoms with Gasteiger partial charge in [0.25, 0.3) is 0 Å². The number of hydrogen-bond donors (Lipinski definition) is 1. The van der Waals surface area contributed by atoms with E-state index in [1.54, 1.807) is 19.1 Å². The molecule has 0 aliphatic rings. The molecule has 16 heavy (non-hydrogen) atoms. The van der Waals surface area contributed by atoms with Gasteiger partial charge < -0.3 is 9.84 Å². The third kappa shape index (κ3) is 3.35. The van der Waals surface area contributed by atoms with E-state index in [0.717, 1.165) is 12.0 Å². The van der Waals surface area contributed by atoms with E-state index in [0.29, 0.717) is 5.56 Å². The Bertz CT molecular complexity index is 341. The third-order valence-corrected chi connectivity index (χ3v) is 2.60. The van der Waals surface area contributed by atoms with Gasteiger partial charge in [-0.1, -0.05) is 19.1 Å². The molecule has 0 saturated carbocycles. The quantitative estimate of drug-likeness (QED) is 0.795. The summed E-state index contributed by atoms with van der Waals surface area (Å²) in [6.07, 6.45) is 0.410. The van der Waals surface area contributed by atoms with Crippen LogP contribution in [-0.2, 0) is 4.74 Å². The van der Waals surface area contributed by atoms with E-state index in [4.69, 9.17) is 0 Å². The molecule has 0 aromatic heterocycles. The highest BCUT2D eigenvalue weighted by atomic mass is 16.5. The minimum absolute atomic E-state index is 0.284. The van der Waals surface area contributed by atoms with Gasteiger partial charge >= 0.3 is 5.97 Å². The molecule has 3 nitrogen and oxygen atoms in total. The topological polar surface area (TPSA) is 46.5 Å². The molecule has 2 atom stereocenters. The second-order valence-electron chi connectivity index (χ2n) is 4.10. The van der Waals surface area contributed by atoms with Crippen LogP contribution >= 0.6 is 0 Å². The summed E-state index contributed by atoms with van der Waals surface area (Å²) in [5, 5.41) is 9.29. The molecule has 0 saturated heterocycles. The van der Waals surface area contributed by atoms with E-state index in [1.807, 2.05) is 12.1 Å². The van der Waals surface area contributed by atoms with Gasteiger partial charge in [0.1, 0.15) is 0 Å². The molecule has 1 aromatic rings. The average molecular weight is 222 g/mol. The first-order valence-electron chi connectivity index (χ1n) is 5.41. The van der Waals surface area contributed by atoms with Gasteiger partial charge in [-0.05, 0) is 37.0 Å². The number of esters is 1. The highest BCUT2D eigenvalue weighted by Gasteiger charge is 2.10. The molecule has 0 fully saturated rings. The summed E-state index contributed by atoms with van der Waals surface area (Å²) in [6.45, 7) is 3.83. The average Bonchev–Trinajstić information content (AvgIpc) is 2.27. The van der Waals surface area contributed by atoms with Crippen molar-refractivity contribution >= 4 is 5.97 Å². The van der Waals surface area contributed by atoms with Gasteiger partial charge in [-0.25, -0.2) is 4.79 Å². The highest BCUT2D eigenvalue weighted by molar-refractivity contribution is 5.89. The van der Waals surface area contributed by atoms with Crippen LogP contribution < -0.4 is 0 Å². The Morgan fingerprint density at radius 2 is 1.88 bits per heavy atom. The second-order valence-corrected chi connectivity index (χ2v) is 4.10. The molecule has 0 heterocycles. The molecule has 1 N–H and O–H groups in total. The van der Waals surface area contributed by atoms with Crippen LogP contribution in [0.1, 0.15) is 42.1 Å². The molecule has 1 rings (SSSR count). The Morgan fingerprint density at radius 3 is 2.31 bits per heavy atom. The molecular weight excluding hydrogens is 204 g/mol. The monoisotopic (exact) mass is 222 g/mol. The number of methoxy groups -OCH3 is 1. The van der Waals surface area contributed by atoms with Crippen LogP contribution in [0.25, 0.3) is 0 Å². The largest absolute Gasteiger partial charge is 0.465 e. The molecular formula is C13H18O3. The van der Waals surface area contributed by atoms with Crippen molar-refractivity contribution in [1.82, 2.24) is 0 Å². The van der Waals surface area contributed by atoms with E-state index in [-0.39, 0.29) is 18.0 Å². The molecule has 0 bridgehead atoms. The third-order valence-electron chi connectivity index (χ3n) is 2.60. The van der Waals surface area contributed by atoms with Crippen molar-refractivity contribution in [2.75, 3.05) is 7.11 Å². The number of aliphatic hydroxyl groups is 1. The van der Waals surface area contributed by atoms with E-state index < -0.39 is 0 Å². The predicted octanol–water partition coefficient (Wildman–Crippen LogP) is 2.35. The first-order valence-corrected chi connectivity index (χ1v) is 5.41. The molecule has 2 unspecified atom stereocenters. The minimum atomic E-state index is -0.324. The van der Waals surface area contributed by atoms with Crippen LogP contribution in [0.2, 0.25) is 0 Å². The molecule has 3 heteroatoms. The van der Waals surface area contributed by atoms with E-state index >= 15 is 0 Å². The summed E-state index contributed by atoms with van der Waals surface area (Å²) in [4.78, 5) is 11.2. The first kappa shape index (κ1) is 12.7. The number of carbonyl (C=O) groups excluding carboxylic acids is 1. The zero-order valence-corrected chi connectivity index (χ0v) is 9.93. The van der Waals surface area contributed by atoms with Crippen molar-refractivity contribution in [1.29, 1.82) is 0 Å². The summed E-state index contributed by atoms with van der Waals surface area (Å²) in [5.41, 5.74) is 1.67. The summed E-state index contributed by atoms with van der Waals surface area (Å²) < 4.78 is 4.62. The fourth-order valence-electron chi connectivity index (χ4n) is 1.71. The van der Waals surface area contributed by atoms with Crippen molar-refractivity contribution < 1.29 is 14.6 Å². The number of rotatable bonds is 4. The lowest BCUT2D eigenvalue weighted by Gasteiger charge is -2.13. The Hall–Kier alpha value is -1.35. The SMILES string of the molecule is COC(=O)c1ccc(C(C)CC(C)O)cc1. The molecule has 1 aromatic carbocycles. The van der Waals surface area contributed by atoms with Gasteiger partial charge in [0, 0.05) is 0 Å². The van der Waals surface area contributed by atoms with Crippen molar-refractivity contribution in [2.45, 2.75) is 32.3 Å². The van der Waals surface area contributed by atoms with Gasteiger partial charge in [0.05, 0.1) is 18.8 Å². The van der Waals surface area contributed by atoms with Crippen LogP contribution in [0.15, 0.2) is 24.3 Å². The summed E-state index contributed by atoms with van der Waals surface area (Å²) in [5.74, 6) is -0.0403. The maximum Gasteiger partial charge on any atom is 0.337 e. The lowest BCUT2D eigenvalue weighted by atomic mass is 9.95. The van der Waals surface area contributed by atoms with Crippen molar-refractivity contribution in [3.8, 4) is 0 Å². The lowest BCUT2D eigenvalue weighted by Crippen LogP contribution is -2.06. The fourth-order valence-corrected chi connectivity index (χ4v) is 1.71. The summed E-state index contributed by atoms with van der Waals surface area (Å²) in [7, 11) is 1.37. The van der Waals surface area contributed by atoms with Gasteiger partial charge in [-0.3, -0.25) is 0 Å². The number of aliphatic hydroxyl groups excluding tert-OH is 1. The molecule has 0 amide bonds. The maximum absolute atomic E-state index is 11.2. The van der Waals surface area contributed by atoms with Crippen LogP contribution in [0.5, 0.6) is 0 Å². The fraction of sp³-hybridized carbons (Fsp3) is 0.462. The molecule has 0 radical (unpaired) electrons. The Kier molecular flexibility index (Phi) is 4.50. The predicted molar refractivity (Wildman–Crippen MR) is 62.5 cm³/mol. The van der Waals surface area contributed by atoms with E-state index in [9.17, 15) is 9.90 Å². The number of carbonyl (C=O) groups is 1. The number of hydrogen-bond acceptors (Lipinski definition) is 3. The smallest absolute Gasteiger partial charge is 0.337 e. The normalized spacial score (nSPS) is 14.2. The number of benzene rings is 1. The lowest BCUT2D eigenvalue weighted by molar-refractivity contribution is 0.0600.